The maximum Gasteiger partial charge on any atom is 0.152 e. The van der Waals surface area contributed by atoms with Crippen molar-refractivity contribution in [2.24, 2.45) is 0 Å². The lowest BCUT2D eigenvalue weighted by molar-refractivity contribution is 0.590. The van der Waals surface area contributed by atoms with E-state index in [1.54, 1.807) is 0 Å². The fourth-order valence-electron chi connectivity index (χ4n) is 1.10. The van der Waals surface area contributed by atoms with Gasteiger partial charge in [-0.3, -0.25) is 0 Å². The van der Waals surface area contributed by atoms with Crippen LogP contribution in [0.15, 0.2) is 35.2 Å². The van der Waals surface area contributed by atoms with E-state index in [2.05, 4.69) is 6.92 Å². The predicted molar refractivity (Wildman–Crippen MR) is 56.9 cm³/mol. The molecule has 1 aromatic rings. The van der Waals surface area contributed by atoms with Crippen LogP contribution in [0, 0.1) is 6.92 Å². The highest BCUT2D eigenvalue weighted by atomic mass is 32.2. The lowest BCUT2D eigenvalue weighted by atomic mass is 10.3. The molecule has 1 rings (SSSR count). The van der Waals surface area contributed by atoms with Crippen molar-refractivity contribution in [3.63, 3.8) is 0 Å². The quantitative estimate of drug-likeness (QED) is 0.523. The van der Waals surface area contributed by atoms with Crippen molar-refractivity contribution in [1.29, 1.82) is 0 Å². The highest BCUT2D eigenvalue weighted by molar-refractivity contribution is 7.91. The van der Waals surface area contributed by atoms with Gasteiger partial charge in [0.1, 0.15) is 5.75 Å². The van der Waals surface area contributed by atoms with Crippen molar-refractivity contribution < 1.29 is 4.55 Å². The summed E-state index contributed by atoms with van der Waals surface area (Å²) in [5.41, 5.74) is 0. The van der Waals surface area contributed by atoms with Crippen LogP contribution in [0.1, 0.15) is 19.3 Å². The average molecular weight is 195 g/mol. The largest absolute Gasteiger partial charge is 0.611 e. The van der Waals surface area contributed by atoms with Crippen LogP contribution in [0.2, 0.25) is 0 Å². The smallest absolute Gasteiger partial charge is 0.152 e. The van der Waals surface area contributed by atoms with Gasteiger partial charge >= 0.3 is 0 Å². The molecule has 71 valence electrons. The lowest BCUT2D eigenvalue weighted by Crippen LogP contribution is -2.06. The van der Waals surface area contributed by atoms with Crippen molar-refractivity contribution in [2.75, 3.05) is 5.75 Å². The van der Waals surface area contributed by atoms with Crippen LogP contribution in [0.5, 0.6) is 0 Å². The summed E-state index contributed by atoms with van der Waals surface area (Å²) >= 11 is -0.813. The first-order valence-electron chi connectivity index (χ1n) is 4.57. The number of hydrogen-bond donors (Lipinski definition) is 0. The molecule has 0 spiro atoms. The summed E-state index contributed by atoms with van der Waals surface area (Å²) < 4.78 is 11.6. The molecule has 0 saturated carbocycles. The van der Waals surface area contributed by atoms with Gasteiger partial charge in [0.05, 0.1) is 0 Å². The third-order valence-corrected chi connectivity index (χ3v) is 3.29. The van der Waals surface area contributed by atoms with E-state index in [1.807, 2.05) is 30.3 Å². The third-order valence-electron chi connectivity index (χ3n) is 1.84. The Morgan fingerprint density at radius 2 is 1.85 bits per heavy atom. The van der Waals surface area contributed by atoms with Crippen molar-refractivity contribution in [3.05, 3.63) is 37.3 Å². The van der Waals surface area contributed by atoms with Gasteiger partial charge in [0.2, 0.25) is 0 Å². The van der Waals surface area contributed by atoms with Crippen molar-refractivity contribution in [2.45, 2.75) is 24.2 Å². The van der Waals surface area contributed by atoms with Gasteiger partial charge in [-0.15, -0.1) is 0 Å². The van der Waals surface area contributed by atoms with E-state index >= 15 is 0 Å². The van der Waals surface area contributed by atoms with Crippen LogP contribution in [0.4, 0.5) is 0 Å². The summed E-state index contributed by atoms with van der Waals surface area (Å²) in [6.45, 7) is 3.76. The molecular weight excluding hydrogens is 180 g/mol. The minimum Gasteiger partial charge on any atom is -0.611 e. The van der Waals surface area contributed by atoms with E-state index in [0.717, 1.165) is 29.9 Å². The van der Waals surface area contributed by atoms with Crippen LogP contribution < -0.4 is 0 Å². The first-order chi connectivity index (χ1) is 6.34. The van der Waals surface area contributed by atoms with E-state index in [1.165, 1.54) is 0 Å². The lowest BCUT2D eigenvalue weighted by Gasteiger charge is -2.09. The molecule has 0 heterocycles. The molecule has 0 fully saturated rings. The molecule has 1 nitrogen and oxygen atoms in total. The Bertz CT molecular complexity index is 223. The molecule has 0 saturated heterocycles. The monoisotopic (exact) mass is 195 g/mol. The van der Waals surface area contributed by atoms with Gasteiger partial charge in [-0.25, -0.2) is 0 Å². The summed E-state index contributed by atoms with van der Waals surface area (Å²) in [6.07, 6.45) is 3.01. The highest BCUT2D eigenvalue weighted by Crippen LogP contribution is 2.12. The van der Waals surface area contributed by atoms with E-state index < -0.39 is 11.2 Å². The molecule has 0 amide bonds. The fraction of sp³-hybridized carbons (Fsp3) is 0.364. The summed E-state index contributed by atoms with van der Waals surface area (Å²) in [6, 6.07) is 9.63. The third kappa shape index (κ3) is 3.83. The molecular formula is C11H15OS. The van der Waals surface area contributed by atoms with Crippen molar-refractivity contribution >= 4 is 11.2 Å². The van der Waals surface area contributed by atoms with Gasteiger partial charge in [0, 0.05) is 0 Å². The van der Waals surface area contributed by atoms with Gasteiger partial charge in [0.15, 0.2) is 4.90 Å². The molecule has 0 aliphatic heterocycles. The second kappa shape index (κ2) is 6.06. The van der Waals surface area contributed by atoms with E-state index in [-0.39, 0.29) is 0 Å². The molecule has 0 aromatic heterocycles. The van der Waals surface area contributed by atoms with Crippen molar-refractivity contribution in [1.82, 2.24) is 0 Å². The molecule has 0 aliphatic rings. The van der Waals surface area contributed by atoms with Crippen LogP contribution >= 0.6 is 0 Å². The number of rotatable bonds is 5. The van der Waals surface area contributed by atoms with E-state index in [9.17, 15) is 4.55 Å². The van der Waals surface area contributed by atoms with Crippen LogP contribution in [-0.2, 0) is 11.2 Å². The standard InChI is InChI=1S/C11H15OS/c1-2-3-7-10-13(12)11-8-5-4-6-9-11/h4-6,8-9H,1-3,7,10H2. The number of unbranched alkanes of at least 4 members (excludes halogenated alkanes) is 2. The Hall–Kier alpha value is -0.470. The molecule has 0 N–H and O–H groups in total. The van der Waals surface area contributed by atoms with E-state index in [0.29, 0.717) is 0 Å². The summed E-state index contributed by atoms with van der Waals surface area (Å²) in [7, 11) is 0. The summed E-state index contributed by atoms with van der Waals surface area (Å²) in [4.78, 5) is 0.937. The van der Waals surface area contributed by atoms with Gasteiger partial charge in [0.25, 0.3) is 0 Å². The maximum atomic E-state index is 11.6. The van der Waals surface area contributed by atoms with Crippen LogP contribution in [0.3, 0.4) is 0 Å². The summed E-state index contributed by atoms with van der Waals surface area (Å²) in [5, 5.41) is 0. The normalized spacial score (nSPS) is 12.8. The minimum absolute atomic E-state index is 0.763. The zero-order valence-electron chi connectivity index (χ0n) is 7.74. The average Bonchev–Trinajstić information content (AvgIpc) is 2.19. The zero-order valence-corrected chi connectivity index (χ0v) is 8.56. The second-order valence-corrected chi connectivity index (χ2v) is 4.49. The highest BCUT2D eigenvalue weighted by Gasteiger charge is 2.07. The first-order valence-corrected chi connectivity index (χ1v) is 5.89. The Kier molecular flexibility index (Phi) is 4.94. The first kappa shape index (κ1) is 10.6. The topological polar surface area (TPSA) is 23.1 Å². The van der Waals surface area contributed by atoms with Crippen molar-refractivity contribution in [3.8, 4) is 0 Å². The van der Waals surface area contributed by atoms with Gasteiger partial charge in [-0.1, -0.05) is 31.5 Å². The molecule has 13 heavy (non-hydrogen) atoms. The molecule has 0 bridgehead atoms. The van der Waals surface area contributed by atoms with Gasteiger partial charge in [-0.2, -0.15) is 0 Å². The SMILES string of the molecule is [CH2]CCCC[S+]([O-])c1ccccc1. The second-order valence-electron chi connectivity index (χ2n) is 2.92. The molecule has 1 unspecified atom stereocenters. The molecule has 1 aromatic carbocycles. The Morgan fingerprint density at radius 1 is 1.15 bits per heavy atom. The van der Waals surface area contributed by atoms with E-state index in [4.69, 9.17) is 0 Å². The maximum absolute atomic E-state index is 11.6. The molecule has 1 radical (unpaired) electrons. The fourth-order valence-corrected chi connectivity index (χ4v) is 2.26. The molecule has 0 aliphatic carbocycles. The Morgan fingerprint density at radius 3 is 2.46 bits per heavy atom. The molecule has 2 heteroatoms. The van der Waals surface area contributed by atoms with Crippen LogP contribution in [0.25, 0.3) is 0 Å². The van der Waals surface area contributed by atoms with Gasteiger partial charge < -0.3 is 4.55 Å². The zero-order chi connectivity index (χ0) is 9.52. The number of hydrogen-bond acceptors (Lipinski definition) is 1. The molecule has 1 atom stereocenters. The van der Waals surface area contributed by atoms with Crippen LogP contribution in [-0.4, -0.2) is 10.3 Å². The number of benzene rings is 1. The predicted octanol–water partition coefficient (Wildman–Crippen LogP) is 2.80. The summed E-state index contributed by atoms with van der Waals surface area (Å²) in [5.74, 6) is 0.763. The van der Waals surface area contributed by atoms with Gasteiger partial charge in [-0.05, 0) is 36.2 Å². The minimum atomic E-state index is -0.813. The Balaban J connectivity index is 2.35. The Labute approximate surface area is 83.4 Å².